The van der Waals surface area contributed by atoms with Gasteiger partial charge in [-0.05, 0) is 0 Å². The van der Waals surface area contributed by atoms with E-state index in [0.717, 1.165) is 13.2 Å². The number of hydrogen-bond acceptors (Lipinski definition) is 2. The maximum atomic E-state index is 2.25. The Balaban J connectivity index is 2.09. The molecule has 1 saturated heterocycles. The first-order valence-electron chi connectivity index (χ1n) is 2.30. The predicted molar refractivity (Wildman–Crippen MR) is 25.0 cm³/mol. The first-order chi connectivity index (χ1) is 2.84. The molecule has 1 rings (SSSR count). The van der Waals surface area contributed by atoms with Crippen molar-refractivity contribution in [3.05, 3.63) is 0 Å². The molecular formula is C4H10N2. The molecule has 6 heavy (non-hydrogen) atoms. The minimum absolute atomic E-state index is 1.16. The van der Waals surface area contributed by atoms with Crippen LogP contribution in [0.4, 0.5) is 0 Å². The van der Waals surface area contributed by atoms with Gasteiger partial charge in [0.15, 0.2) is 0 Å². The van der Waals surface area contributed by atoms with Crippen LogP contribution in [0.1, 0.15) is 6.92 Å². The van der Waals surface area contributed by atoms with Crippen LogP contribution in [-0.4, -0.2) is 30.3 Å². The Morgan fingerprint density at radius 1 is 1.67 bits per heavy atom. The molecule has 36 valence electrons. The van der Waals surface area contributed by atoms with Crippen LogP contribution in [-0.2, 0) is 0 Å². The Labute approximate surface area is 38.3 Å². The van der Waals surface area contributed by atoms with Crippen LogP contribution < -0.4 is 0 Å². The van der Waals surface area contributed by atoms with Gasteiger partial charge in [-0.2, -0.15) is 0 Å². The predicted octanol–water partition coefficient (Wildman–Crippen LogP) is 0.126. The molecule has 0 amide bonds. The van der Waals surface area contributed by atoms with Crippen LogP contribution in [0.25, 0.3) is 0 Å². The molecule has 1 heterocycles. The van der Waals surface area contributed by atoms with Crippen LogP contribution in [0.5, 0.6) is 0 Å². The topological polar surface area (TPSA) is 6.02 Å². The molecule has 0 radical (unpaired) electrons. The molecule has 0 saturated carbocycles. The summed E-state index contributed by atoms with van der Waals surface area (Å²) in [5.74, 6) is 0. The molecule has 0 N–H and O–H groups in total. The lowest BCUT2D eigenvalue weighted by Crippen LogP contribution is -1.99. The Morgan fingerprint density at radius 2 is 2.17 bits per heavy atom. The summed E-state index contributed by atoms with van der Waals surface area (Å²) in [6, 6.07) is 0. The van der Waals surface area contributed by atoms with Crippen molar-refractivity contribution in [1.82, 2.24) is 10.0 Å². The molecule has 1 aliphatic rings. The van der Waals surface area contributed by atoms with Crippen molar-refractivity contribution in [3.63, 3.8) is 0 Å². The van der Waals surface area contributed by atoms with Gasteiger partial charge in [0, 0.05) is 13.6 Å². The van der Waals surface area contributed by atoms with Gasteiger partial charge < -0.3 is 0 Å². The van der Waals surface area contributed by atoms with Gasteiger partial charge in [0.2, 0.25) is 0 Å². The zero-order chi connectivity index (χ0) is 4.57. The van der Waals surface area contributed by atoms with Gasteiger partial charge in [0.25, 0.3) is 0 Å². The van der Waals surface area contributed by atoms with Crippen LogP contribution in [0.15, 0.2) is 0 Å². The van der Waals surface area contributed by atoms with E-state index in [4.69, 9.17) is 0 Å². The second kappa shape index (κ2) is 1.21. The maximum Gasteiger partial charge on any atom is 0.0784 e. The third-order valence-electron chi connectivity index (χ3n) is 1.13. The number of nitrogens with zero attached hydrogens (tertiary/aromatic N) is 2. The molecule has 2 nitrogen and oxygen atoms in total. The van der Waals surface area contributed by atoms with Gasteiger partial charge in [-0.15, -0.1) is 0 Å². The molecular weight excluding hydrogens is 76.1 g/mol. The molecule has 2 unspecified atom stereocenters. The standard InChI is InChI=1S/C4H10N2/c1-3-6-4-5(6)2/h3-4H2,1-2H3. The van der Waals surface area contributed by atoms with E-state index < -0.39 is 0 Å². The second-order valence-corrected chi connectivity index (χ2v) is 1.62. The minimum atomic E-state index is 1.16. The first kappa shape index (κ1) is 4.09. The average Bonchev–Trinajstić information content (AvgIpc) is 2.19. The fourth-order valence-electron chi connectivity index (χ4n) is 0.549. The van der Waals surface area contributed by atoms with Crippen LogP contribution in [0, 0.1) is 0 Å². The number of hydrazine groups is 1. The molecule has 0 aromatic rings. The molecule has 1 aliphatic heterocycles. The van der Waals surface area contributed by atoms with Gasteiger partial charge in [0.1, 0.15) is 0 Å². The highest BCUT2D eigenvalue weighted by molar-refractivity contribution is 4.58. The third-order valence-corrected chi connectivity index (χ3v) is 1.13. The second-order valence-electron chi connectivity index (χ2n) is 1.62. The zero-order valence-electron chi connectivity index (χ0n) is 4.31. The highest BCUT2D eigenvalue weighted by atomic mass is 15.8. The molecule has 0 aromatic heterocycles. The highest BCUT2D eigenvalue weighted by Gasteiger charge is 2.22. The molecule has 0 bridgehead atoms. The van der Waals surface area contributed by atoms with Crippen molar-refractivity contribution < 1.29 is 0 Å². The monoisotopic (exact) mass is 86.1 g/mol. The molecule has 2 heteroatoms. The summed E-state index contributed by atoms with van der Waals surface area (Å²) >= 11 is 0. The first-order valence-corrected chi connectivity index (χ1v) is 2.30. The minimum Gasteiger partial charge on any atom is -0.228 e. The van der Waals surface area contributed by atoms with Crippen LogP contribution >= 0.6 is 0 Å². The molecule has 0 aromatic carbocycles. The van der Waals surface area contributed by atoms with E-state index in [1.165, 1.54) is 0 Å². The lowest BCUT2D eigenvalue weighted by atomic mass is 10.8. The molecule has 2 atom stereocenters. The molecule has 1 fully saturated rings. The SMILES string of the molecule is CCN1CN1C. The summed E-state index contributed by atoms with van der Waals surface area (Å²) in [5.41, 5.74) is 0. The van der Waals surface area contributed by atoms with Crippen molar-refractivity contribution >= 4 is 0 Å². The quantitative estimate of drug-likeness (QED) is 0.418. The maximum absolute atomic E-state index is 2.25. The van der Waals surface area contributed by atoms with Gasteiger partial charge in [0.05, 0.1) is 6.67 Å². The number of hydrogen-bond donors (Lipinski definition) is 0. The van der Waals surface area contributed by atoms with Crippen LogP contribution in [0.3, 0.4) is 0 Å². The van der Waals surface area contributed by atoms with E-state index in [1.807, 2.05) is 0 Å². The van der Waals surface area contributed by atoms with E-state index in [1.54, 1.807) is 0 Å². The van der Waals surface area contributed by atoms with Gasteiger partial charge in [-0.25, -0.2) is 10.0 Å². The van der Waals surface area contributed by atoms with Gasteiger partial charge in [-0.1, -0.05) is 6.92 Å². The van der Waals surface area contributed by atoms with Gasteiger partial charge in [-0.3, -0.25) is 0 Å². The Morgan fingerprint density at radius 3 is 2.17 bits per heavy atom. The fourth-order valence-corrected chi connectivity index (χ4v) is 0.549. The van der Waals surface area contributed by atoms with E-state index in [-0.39, 0.29) is 0 Å². The van der Waals surface area contributed by atoms with E-state index in [2.05, 4.69) is 24.0 Å². The third kappa shape index (κ3) is 0.533. The Bertz CT molecular complexity index is 51.5. The van der Waals surface area contributed by atoms with Crippen molar-refractivity contribution in [2.24, 2.45) is 0 Å². The zero-order valence-corrected chi connectivity index (χ0v) is 4.31. The fraction of sp³-hybridized carbons (Fsp3) is 1.00. The lowest BCUT2D eigenvalue weighted by Gasteiger charge is -1.88. The highest BCUT2D eigenvalue weighted by Crippen LogP contribution is 2.07. The van der Waals surface area contributed by atoms with Crippen molar-refractivity contribution in [2.75, 3.05) is 20.3 Å². The van der Waals surface area contributed by atoms with Crippen molar-refractivity contribution in [3.8, 4) is 0 Å². The largest absolute Gasteiger partial charge is 0.228 e. The Kier molecular flexibility index (Phi) is 0.821. The molecule has 0 aliphatic carbocycles. The van der Waals surface area contributed by atoms with Crippen LogP contribution in [0.2, 0.25) is 0 Å². The van der Waals surface area contributed by atoms with Crippen molar-refractivity contribution in [2.45, 2.75) is 6.92 Å². The summed E-state index contributed by atoms with van der Waals surface area (Å²) in [5, 5.41) is 4.43. The normalized spacial score (nSPS) is 43.0. The van der Waals surface area contributed by atoms with E-state index >= 15 is 0 Å². The summed E-state index contributed by atoms with van der Waals surface area (Å²) in [6.07, 6.45) is 0. The smallest absolute Gasteiger partial charge is 0.0784 e. The Hall–Kier alpha value is -0.0800. The lowest BCUT2D eigenvalue weighted by molar-refractivity contribution is 0.367. The van der Waals surface area contributed by atoms with Gasteiger partial charge >= 0.3 is 0 Å². The van der Waals surface area contributed by atoms with E-state index in [9.17, 15) is 0 Å². The average molecular weight is 86.1 g/mol. The summed E-state index contributed by atoms with van der Waals surface area (Å²) in [4.78, 5) is 0. The summed E-state index contributed by atoms with van der Waals surface area (Å²) in [7, 11) is 2.09. The summed E-state index contributed by atoms with van der Waals surface area (Å²) < 4.78 is 0. The number of rotatable bonds is 1. The summed E-state index contributed by atoms with van der Waals surface area (Å²) in [6.45, 7) is 4.48. The van der Waals surface area contributed by atoms with E-state index in [0.29, 0.717) is 0 Å². The van der Waals surface area contributed by atoms with Crippen molar-refractivity contribution in [1.29, 1.82) is 0 Å². The molecule has 0 spiro atoms.